The van der Waals surface area contributed by atoms with Gasteiger partial charge in [-0.25, -0.2) is 4.98 Å². The number of imidazole rings is 1. The Hall–Kier alpha value is -2.13. The Kier molecular flexibility index (Phi) is 3.76. The molecule has 3 nitrogen and oxygen atoms in total. The van der Waals surface area contributed by atoms with Crippen molar-refractivity contribution in [2.75, 3.05) is 7.05 Å². The highest BCUT2D eigenvalue weighted by atomic mass is 14.9. The van der Waals surface area contributed by atoms with Gasteiger partial charge in [-0.2, -0.15) is 0 Å². The van der Waals surface area contributed by atoms with Gasteiger partial charge in [0.25, 0.3) is 0 Å². The first-order chi connectivity index (χ1) is 10.2. The molecule has 1 heterocycles. The summed E-state index contributed by atoms with van der Waals surface area (Å²) in [5.41, 5.74) is 4.91. The molecule has 21 heavy (non-hydrogen) atoms. The molecule has 1 unspecified atom stereocenters. The predicted octanol–water partition coefficient (Wildman–Crippen LogP) is 3.74. The minimum atomic E-state index is 0.282. The summed E-state index contributed by atoms with van der Waals surface area (Å²) in [7, 11) is 1.98. The van der Waals surface area contributed by atoms with Crippen LogP contribution in [0.25, 0.3) is 10.8 Å². The van der Waals surface area contributed by atoms with Gasteiger partial charge in [-0.15, -0.1) is 0 Å². The predicted molar refractivity (Wildman–Crippen MR) is 87.6 cm³/mol. The van der Waals surface area contributed by atoms with Crippen LogP contribution in [-0.2, 0) is 6.54 Å². The zero-order chi connectivity index (χ0) is 14.8. The summed E-state index contributed by atoms with van der Waals surface area (Å²) < 4.78 is 0. The van der Waals surface area contributed by atoms with Crippen LogP contribution in [0.4, 0.5) is 0 Å². The Labute approximate surface area is 125 Å². The second-order valence-corrected chi connectivity index (χ2v) is 5.57. The van der Waals surface area contributed by atoms with Crippen molar-refractivity contribution in [2.24, 2.45) is 0 Å². The van der Waals surface area contributed by atoms with Crippen molar-refractivity contribution in [1.29, 1.82) is 0 Å². The van der Waals surface area contributed by atoms with Crippen LogP contribution in [0.15, 0.2) is 42.7 Å². The number of nitrogens with one attached hydrogen (secondary N) is 2. The fourth-order valence-corrected chi connectivity index (χ4v) is 2.99. The first-order valence-electron chi connectivity index (χ1n) is 7.36. The van der Waals surface area contributed by atoms with Crippen molar-refractivity contribution in [2.45, 2.75) is 26.3 Å². The van der Waals surface area contributed by atoms with Crippen LogP contribution < -0.4 is 5.32 Å². The van der Waals surface area contributed by atoms with Crippen molar-refractivity contribution in [3.8, 4) is 0 Å². The molecule has 1 atom stereocenters. The standard InChI is InChI=1S/C18H21N3/c1-12(18-13(2)20-11-21-18)16-6-4-5-15-8-7-14(10-19-3)9-17(15)16/h4-9,11-12,19H,10H2,1-3H3,(H,20,21). The molecule has 1 aromatic heterocycles. The lowest BCUT2D eigenvalue weighted by Crippen LogP contribution is -2.05. The summed E-state index contributed by atoms with van der Waals surface area (Å²) in [6.07, 6.45) is 1.78. The fraction of sp³-hybridized carbons (Fsp3) is 0.278. The number of hydrogen-bond acceptors (Lipinski definition) is 2. The van der Waals surface area contributed by atoms with Crippen molar-refractivity contribution in [1.82, 2.24) is 15.3 Å². The molecule has 0 bridgehead atoms. The first kappa shape index (κ1) is 13.8. The van der Waals surface area contributed by atoms with E-state index in [1.807, 2.05) is 7.05 Å². The van der Waals surface area contributed by atoms with E-state index in [1.54, 1.807) is 6.33 Å². The molecular weight excluding hydrogens is 258 g/mol. The van der Waals surface area contributed by atoms with Crippen LogP contribution in [0, 0.1) is 6.92 Å². The number of H-pyrrole nitrogens is 1. The summed E-state index contributed by atoms with van der Waals surface area (Å²) in [5, 5.41) is 5.82. The first-order valence-corrected chi connectivity index (χ1v) is 7.36. The minimum absolute atomic E-state index is 0.282. The highest BCUT2D eigenvalue weighted by Crippen LogP contribution is 2.31. The van der Waals surface area contributed by atoms with Crippen LogP contribution in [0.3, 0.4) is 0 Å². The Morgan fingerprint density at radius 1 is 1.24 bits per heavy atom. The third-order valence-electron chi connectivity index (χ3n) is 4.11. The van der Waals surface area contributed by atoms with Crippen molar-refractivity contribution < 1.29 is 0 Å². The lowest BCUT2D eigenvalue weighted by atomic mass is 9.91. The maximum atomic E-state index is 4.49. The largest absolute Gasteiger partial charge is 0.348 e. The minimum Gasteiger partial charge on any atom is -0.348 e. The molecular formula is C18H21N3. The smallest absolute Gasteiger partial charge is 0.0925 e. The average Bonchev–Trinajstić information content (AvgIpc) is 2.92. The molecule has 0 amide bonds. The van der Waals surface area contributed by atoms with Gasteiger partial charge >= 0.3 is 0 Å². The Morgan fingerprint density at radius 2 is 2.10 bits per heavy atom. The summed E-state index contributed by atoms with van der Waals surface area (Å²) in [6.45, 7) is 5.19. The molecule has 0 spiro atoms. The number of nitrogens with zero attached hydrogens (tertiary/aromatic N) is 1. The number of hydrogen-bond donors (Lipinski definition) is 2. The Morgan fingerprint density at radius 3 is 2.81 bits per heavy atom. The number of fused-ring (bicyclic) bond motifs is 1. The summed E-state index contributed by atoms with van der Waals surface area (Å²) >= 11 is 0. The third-order valence-corrected chi connectivity index (χ3v) is 4.11. The van der Waals surface area contributed by atoms with Gasteiger partial charge in [-0.05, 0) is 41.9 Å². The normalized spacial score (nSPS) is 12.7. The van der Waals surface area contributed by atoms with Crippen LogP contribution in [0.1, 0.15) is 35.4 Å². The van der Waals surface area contributed by atoms with Gasteiger partial charge in [0.15, 0.2) is 0 Å². The maximum absolute atomic E-state index is 4.49. The van der Waals surface area contributed by atoms with Crippen molar-refractivity contribution >= 4 is 10.8 Å². The van der Waals surface area contributed by atoms with Crippen molar-refractivity contribution in [3.63, 3.8) is 0 Å². The second-order valence-electron chi connectivity index (χ2n) is 5.57. The molecule has 0 aliphatic rings. The molecule has 0 saturated carbocycles. The Balaban J connectivity index is 2.13. The third kappa shape index (κ3) is 2.57. The Bertz CT molecular complexity index is 758. The highest BCUT2D eigenvalue weighted by Gasteiger charge is 2.15. The van der Waals surface area contributed by atoms with E-state index < -0.39 is 0 Å². The molecule has 2 N–H and O–H groups in total. The van der Waals surface area contributed by atoms with Crippen LogP contribution in [-0.4, -0.2) is 17.0 Å². The van der Waals surface area contributed by atoms with Crippen molar-refractivity contribution in [3.05, 3.63) is 65.2 Å². The molecule has 3 aromatic rings. The van der Waals surface area contributed by atoms with Gasteiger partial charge in [-0.1, -0.05) is 37.3 Å². The zero-order valence-electron chi connectivity index (χ0n) is 12.8. The van der Waals surface area contributed by atoms with Gasteiger partial charge in [0.1, 0.15) is 0 Å². The number of aromatic amines is 1. The van der Waals surface area contributed by atoms with E-state index in [0.717, 1.165) is 17.9 Å². The van der Waals surface area contributed by atoms with E-state index in [-0.39, 0.29) is 5.92 Å². The highest BCUT2D eigenvalue weighted by molar-refractivity contribution is 5.87. The van der Waals surface area contributed by atoms with Gasteiger partial charge in [-0.3, -0.25) is 0 Å². The molecule has 108 valence electrons. The summed E-state index contributed by atoms with van der Waals surface area (Å²) in [4.78, 5) is 7.67. The van der Waals surface area contributed by atoms with E-state index in [0.29, 0.717) is 0 Å². The van der Waals surface area contributed by atoms with Crippen LogP contribution in [0.2, 0.25) is 0 Å². The molecule has 0 fully saturated rings. The van der Waals surface area contributed by atoms with Gasteiger partial charge in [0.2, 0.25) is 0 Å². The number of benzene rings is 2. The maximum Gasteiger partial charge on any atom is 0.0925 e. The van der Waals surface area contributed by atoms with E-state index in [4.69, 9.17) is 0 Å². The van der Waals surface area contributed by atoms with Gasteiger partial charge in [0, 0.05) is 18.2 Å². The quantitative estimate of drug-likeness (QED) is 0.763. The molecule has 0 aliphatic carbocycles. The summed E-state index contributed by atoms with van der Waals surface area (Å²) in [5.74, 6) is 0.282. The lowest BCUT2D eigenvalue weighted by molar-refractivity contribution is 0.818. The lowest BCUT2D eigenvalue weighted by Gasteiger charge is -2.15. The SMILES string of the molecule is CNCc1ccc2cccc(C(C)c3nc[nH]c3C)c2c1. The molecule has 0 saturated heterocycles. The van der Waals surface area contributed by atoms with E-state index in [9.17, 15) is 0 Å². The second kappa shape index (κ2) is 5.70. The molecule has 3 heteroatoms. The topological polar surface area (TPSA) is 40.7 Å². The molecule has 2 aromatic carbocycles. The van der Waals surface area contributed by atoms with Crippen LogP contribution in [0.5, 0.6) is 0 Å². The molecule has 3 rings (SSSR count). The number of aromatic nitrogens is 2. The van der Waals surface area contributed by atoms with Gasteiger partial charge < -0.3 is 10.3 Å². The van der Waals surface area contributed by atoms with Gasteiger partial charge in [0.05, 0.1) is 12.0 Å². The molecule has 0 radical (unpaired) electrons. The number of rotatable bonds is 4. The monoisotopic (exact) mass is 279 g/mol. The number of aryl methyl sites for hydroxylation is 1. The van der Waals surface area contributed by atoms with E-state index >= 15 is 0 Å². The van der Waals surface area contributed by atoms with E-state index in [1.165, 1.54) is 21.9 Å². The van der Waals surface area contributed by atoms with Crippen LogP contribution >= 0.6 is 0 Å². The fourth-order valence-electron chi connectivity index (χ4n) is 2.99. The zero-order valence-corrected chi connectivity index (χ0v) is 12.8. The molecule has 0 aliphatic heterocycles. The average molecular weight is 279 g/mol. The van der Waals surface area contributed by atoms with E-state index in [2.05, 4.69) is 65.5 Å². The summed E-state index contributed by atoms with van der Waals surface area (Å²) in [6, 6.07) is 13.2.